The van der Waals surface area contributed by atoms with Crippen LogP contribution in [0.5, 0.6) is 0 Å². The van der Waals surface area contributed by atoms with E-state index in [9.17, 15) is 0 Å². The van der Waals surface area contributed by atoms with Crippen LogP contribution in [-0.4, -0.2) is 35.5 Å². The minimum atomic E-state index is -0.893. The molecule has 0 aliphatic carbocycles. The second kappa shape index (κ2) is 7.16. The van der Waals surface area contributed by atoms with Gasteiger partial charge in [0.05, 0.1) is 26.1 Å². The van der Waals surface area contributed by atoms with Crippen molar-refractivity contribution >= 4 is 11.6 Å². The fourth-order valence-corrected chi connectivity index (χ4v) is 2.67. The maximum atomic E-state index is 6.19. The van der Waals surface area contributed by atoms with E-state index in [1.807, 2.05) is 35.0 Å². The summed E-state index contributed by atoms with van der Waals surface area (Å²) >= 11 is 5.98. The molecule has 1 aromatic carbocycles. The van der Waals surface area contributed by atoms with Crippen LogP contribution in [0.3, 0.4) is 0 Å². The molecule has 23 heavy (non-hydrogen) atoms. The van der Waals surface area contributed by atoms with Gasteiger partial charge in [-0.1, -0.05) is 29.7 Å². The van der Waals surface area contributed by atoms with Gasteiger partial charge in [0.2, 0.25) is 5.79 Å². The lowest BCUT2D eigenvalue weighted by Crippen LogP contribution is -2.34. The summed E-state index contributed by atoms with van der Waals surface area (Å²) in [5.74, 6) is 1.55. The summed E-state index contributed by atoms with van der Waals surface area (Å²) in [6.07, 6.45) is 10.3. The van der Waals surface area contributed by atoms with Crippen molar-refractivity contribution < 1.29 is 14.2 Å². The van der Waals surface area contributed by atoms with Gasteiger partial charge in [0.25, 0.3) is 0 Å². The molecule has 0 saturated carbocycles. The highest BCUT2D eigenvalue weighted by Crippen LogP contribution is 2.36. The van der Waals surface area contributed by atoms with Gasteiger partial charge in [-0.25, -0.2) is 4.98 Å². The normalized spacial score (nSPS) is 23.7. The van der Waals surface area contributed by atoms with Crippen LogP contribution in [-0.2, 0) is 26.5 Å². The maximum Gasteiger partial charge on any atom is 0.214 e. The van der Waals surface area contributed by atoms with Crippen molar-refractivity contribution in [1.82, 2.24) is 9.55 Å². The molecule has 1 aliphatic heterocycles. The van der Waals surface area contributed by atoms with E-state index in [2.05, 4.69) is 10.9 Å². The molecule has 6 heteroatoms. The number of nitrogens with zero attached hydrogens (tertiary/aromatic N) is 2. The summed E-state index contributed by atoms with van der Waals surface area (Å²) < 4.78 is 19.5. The third-order valence-corrected chi connectivity index (χ3v) is 3.83. The molecule has 0 spiro atoms. The monoisotopic (exact) mass is 332 g/mol. The molecular formula is C17H17ClN2O3. The van der Waals surface area contributed by atoms with Crippen molar-refractivity contribution in [2.75, 3.05) is 19.8 Å². The van der Waals surface area contributed by atoms with Gasteiger partial charge in [0.1, 0.15) is 12.7 Å². The molecule has 2 atom stereocenters. The molecule has 1 aromatic heterocycles. The number of aromatic nitrogens is 2. The van der Waals surface area contributed by atoms with Crippen LogP contribution in [0.15, 0.2) is 43.0 Å². The standard InChI is InChI=1S/C17H17ClN2O3/c1-2-9-21-10-16-11-22-17(23-16,12-20-8-7-19-13-20)14-3-5-15(18)6-4-14/h1,3-8,13,16H,9-12H2. The minimum Gasteiger partial charge on any atom is -0.366 e. The number of rotatable bonds is 6. The molecular weight excluding hydrogens is 316 g/mol. The van der Waals surface area contributed by atoms with Crippen molar-refractivity contribution in [3.63, 3.8) is 0 Å². The molecule has 0 N–H and O–H groups in total. The van der Waals surface area contributed by atoms with Crippen LogP contribution < -0.4 is 0 Å². The van der Waals surface area contributed by atoms with Crippen molar-refractivity contribution in [3.8, 4) is 12.3 Å². The fourth-order valence-electron chi connectivity index (χ4n) is 2.55. The highest BCUT2D eigenvalue weighted by Gasteiger charge is 2.43. The molecule has 2 heterocycles. The first-order valence-electron chi connectivity index (χ1n) is 7.26. The number of ether oxygens (including phenoxy) is 3. The fraction of sp³-hybridized carbons (Fsp3) is 0.353. The van der Waals surface area contributed by atoms with Crippen molar-refractivity contribution in [2.24, 2.45) is 0 Å². The van der Waals surface area contributed by atoms with Gasteiger partial charge < -0.3 is 18.8 Å². The SMILES string of the molecule is C#CCOCC1COC(Cn2ccnc2)(c2ccc(Cl)cc2)O1. The van der Waals surface area contributed by atoms with E-state index in [0.717, 1.165) is 5.56 Å². The summed E-state index contributed by atoms with van der Waals surface area (Å²) in [6.45, 7) is 1.57. The lowest BCUT2D eigenvalue weighted by atomic mass is 10.1. The number of terminal acetylenes is 1. The highest BCUT2D eigenvalue weighted by molar-refractivity contribution is 6.30. The maximum absolute atomic E-state index is 6.19. The van der Waals surface area contributed by atoms with E-state index < -0.39 is 5.79 Å². The Morgan fingerprint density at radius 2 is 2.26 bits per heavy atom. The lowest BCUT2D eigenvalue weighted by Gasteiger charge is -2.29. The van der Waals surface area contributed by atoms with Crippen LogP contribution in [0.1, 0.15) is 5.56 Å². The van der Waals surface area contributed by atoms with Gasteiger partial charge in [0.15, 0.2) is 0 Å². The summed E-state index contributed by atoms with van der Waals surface area (Å²) in [5, 5.41) is 0.665. The van der Waals surface area contributed by atoms with Crippen molar-refractivity contribution in [3.05, 3.63) is 53.6 Å². The molecule has 1 saturated heterocycles. The number of imidazole rings is 1. The molecule has 1 aliphatic rings. The predicted octanol–water partition coefficient (Wildman–Crippen LogP) is 2.45. The first-order chi connectivity index (χ1) is 11.2. The van der Waals surface area contributed by atoms with Gasteiger partial charge in [-0.15, -0.1) is 6.42 Å². The molecule has 2 unspecified atom stereocenters. The zero-order valence-corrected chi connectivity index (χ0v) is 13.3. The van der Waals surface area contributed by atoms with Crippen molar-refractivity contribution in [1.29, 1.82) is 0 Å². The Kier molecular flexibility index (Phi) is 4.99. The Hall–Kier alpha value is -1.84. The Balaban J connectivity index is 1.80. The largest absolute Gasteiger partial charge is 0.366 e. The van der Waals surface area contributed by atoms with Gasteiger partial charge in [-0.3, -0.25) is 0 Å². The van der Waals surface area contributed by atoms with Crippen LogP contribution >= 0.6 is 11.6 Å². The highest BCUT2D eigenvalue weighted by atomic mass is 35.5. The summed E-state index contributed by atoms with van der Waals surface area (Å²) in [6, 6.07) is 7.46. The zero-order valence-electron chi connectivity index (χ0n) is 12.5. The molecule has 0 radical (unpaired) electrons. The second-order valence-corrected chi connectivity index (χ2v) is 5.70. The van der Waals surface area contributed by atoms with Crippen LogP contribution in [0.2, 0.25) is 5.02 Å². The average molecular weight is 333 g/mol. The molecule has 5 nitrogen and oxygen atoms in total. The van der Waals surface area contributed by atoms with E-state index in [1.54, 1.807) is 12.5 Å². The van der Waals surface area contributed by atoms with E-state index in [1.165, 1.54) is 0 Å². The van der Waals surface area contributed by atoms with Gasteiger partial charge in [-0.05, 0) is 12.1 Å². The minimum absolute atomic E-state index is 0.178. The summed E-state index contributed by atoms with van der Waals surface area (Å²) in [7, 11) is 0. The first kappa shape index (κ1) is 16.0. The van der Waals surface area contributed by atoms with E-state index in [4.69, 9.17) is 32.2 Å². The van der Waals surface area contributed by atoms with Crippen LogP contribution in [0.25, 0.3) is 0 Å². The third kappa shape index (κ3) is 3.74. The first-order valence-corrected chi connectivity index (χ1v) is 7.64. The second-order valence-electron chi connectivity index (χ2n) is 5.26. The topological polar surface area (TPSA) is 45.5 Å². The smallest absolute Gasteiger partial charge is 0.214 e. The van der Waals surface area contributed by atoms with Gasteiger partial charge in [0, 0.05) is 23.0 Å². The quantitative estimate of drug-likeness (QED) is 0.602. The summed E-state index contributed by atoms with van der Waals surface area (Å²) in [5.41, 5.74) is 0.898. The van der Waals surface area contributed by atoms with Gasteiger partial charge in [-0.2, -0.15) is 0 Å². The van der Waals surface area contributed by atoms with E-state index >= 15 is 0 Å². The molecule has 2 aromatic rings. The Labute approximate surface area is 140 Å². The predicted molar refractivity (Wildman–Crippen MR) is 85.8 cm³/mol. The molecule has 1 fully saturated rings. The van der Waals surface area contributed by atoms with E-state index in [0.29, 0.717) is 24.8 Å². The number of benzene rings is 1. The Morgan fingerprint density at radius 1 is 1.43 bits per heavy atom. The Bertz CT molecular complexity index is 666. The van der Waals surface area contributed by atoms with E-state index in [-0.39, 0.29) is 12.7 Å². The number of hydrogen-bond donors (Lipinski definition) is 0. The zero-order chi connectivity index (χ0) is 16.1. The van der Waals surface area contributed by atoms with Crippen molar-refractivity contribution in [2.45, 2.75) is 18.4 Å². The molecule has 0 bridgehead atoms. The van der Waals surface area contributed by atoms with Gasteiger partial charge >= 0.3 is 0 Å². The average Bonchev–Trinajstić information content (AvgIpc) is 3.19. The molecule has 3 rings (SSSR count). The Morgan fingerprint density at radius 3 is 2.96 bits per heavy atom. The number of hydrogen-bond acceptors (Lipinski definition) is 4. The van der Waals surface area contributed by atoms with Crippen LogP contribution in [0, 0.1) is 12.3 Å². The third-order valence-electron chi connectivity index (χ3n) is 3.58. The number of halogens is 1. The van der Waals surface area contributed by atoms with Crippen LogP contribution in [0.4, 0.5) is 0 Å². The lowest BCUT2D eigenvalue weighted by molar-refractivity contribution is -0.191. The molecule has 120 valence electrons. The summed E-state index contributed by atoms with van der Waals surface area (Å²) in [4.78, 5) is 4.07. The molecule has 0 amide bonds.